The van der Waals surface area contributed by atoms with Crippen molar-refractivity contribution < 1.29 is 14.3 Å². The Balaban J connectivity index is 1.44. The topological polar surface area (TPSA) is 51.1 Å². The molecule has 2 atom stereocenters. The average molecular weight is 445 g/mol. The highest BCUT2D eigenvalue weighted by atomic mass is 16.5. The lowest BCUT2D eigenvalue weighted by Crippen LogP contribution is -2.46. The van der Waals surface area contributed by atoms with E-state index in [1.807, 2.05) is 24.3 Å². The maximum Gasteiger partial charge on any atom is 0.246 e. The minimum atomic E-state index is -0.0908. The Bertz CT molecular complexity index is 1090. The lowest BCUT2D eigenvalue weighted by molar-refractivity contribution is -0.139. The molecule has 2 aromatic carbocycles. The normalized spacial score (nSPS) is 25.4. The molecule has 1 amide bonds. The van der Waals surface area contributed by atoms with Crippen LogP contribution in [0.5, 0.6) is 11.5 Å². The van der Waals surface area contributed by atoms with Crippen LogP contribution in [0.15, 0.2) is 47.6 Å². The minimum absolute atomic E-state index is 0.0236. The molecule has 5 heteroatoms. The first kappa shape index (κ1) is 20.8. The van der Waals surface area contributed by atoms with Crippen LogP contribution in [-0.2, 0) is 17.8 Å². The van der Waals surface area contributed by atoms with Crippen molar-refractivity contribution in [1.29, 1.82) is 0 Å². The van der Waals surface area contributed by atoms with Crippen molar-refractivity contribution >= 4 is 11.6 Å². The second kappa shape index (κ2) is 8.19. The molecular formula is C28H32N2O3. The van der Waals surface area contributed by atoms with Crippen molar-refractivity contribution in [3.63, 3.8) is 0 Å². The quantitative estimate of drug-likeness (QED) is 0.626. The predicted octanol–water partition coefficient (Wildman–Crippen LogP) is 5.50. The van der Waals surface area contributed by atoms with Crippen molar-refractivity contribution in [2.24, 2.45) is 16.9 Å². The summed E-state index contributed by atoms with van der Waals surface area (Å²) in [6, 6.07) is 14.4. The van der Waals surface area contributed by atoms with Crippen LogP contribution in [0.2, 0.25) is 0 Å². The van der Waals surface area contributed by atoms with Crippen LogP contribution in [0.1, 0.15) is 68.1 Å². The molecule has 2 heterocycles. The predicted molar refractivity (Wildman–Crippen MR) is 128 cm³/mol. The number of hydrogen-bond donors (Lipinski definition) is 0. The van der Waals surface area contributed by atoms with Crippen molar-refractivity contribution in [2.45, 2.75) is 69.9 Å². The van der Waals surface area contributed by atoms with Crippen molar-refractivity contribution in [1.82, 2.24) is 5.01 Å². The van der Waals surface area contributed by atoms with Crippen molar-refractivity contribution in [3.05, 3.63) is 59.2 Å². The highest BCUT2D eigenvalue weighted by molar-refractivity contribution is 6.08. The Morgan fingerprint density at radius 3 is 2.55 bits per heavy atom. The average Bonchev–Trinajstić information content (AvgIpc) is 3.47. The van der Waals surface area contributed by atoms with E-state index in [2.05, 4.69) is 18.2 Å². The first-order valence-electron chi connectivity index (χ1n) is 12.5. The lowest BCUT2D eigenvalue weighted by Gasteiger charge is -2.39. The van der Waals surface area contributed by atoms with Gasteiger partial charge in [-0.3, -0.25) is 4.79 Å². The molecule has 0 N–H and O–H groups in total. The zero-order valence-corrected chi connectivity index (χ0v) is 19.4. The van der Waals surface area contributed by atoms with Gasteiger partial charge in [0.05, 0.1) is 19.4 Å². The number of amides is 1. The van der Waals surface area contributed by atoms with Gasteiger partial charge in [-0.15, -0.1) is 0 Å². The van der Waals surface area contributed by atoms with Gasteiger partial charge in [-0.05, 0) is 56.2 Å². The molecule has 33 heavy (non-hydrogen) atoms. The molecule has 0 bridgehead atoms. The SMILES string of the molecule is COc1ccc(C2=NN(Cc3ccccc3)C(=O)C3CCCCC23)c2c1OC1(CCCC1)C2. The molecule has 0 aromatic heterocycles. The second-order valence-corrected chi connectivity index (χ2v) is 10.2. The monoisotopic (exact) mass is 444 g/mol. The van der Waals surface area contributed by atoms with Crippen LogP contribution < -0.4 is 9.47 Å². The van der Waals surface area contributed by atoms with E-state index in [9.17, 15) is 4.79 Å². The Labute approximate surface area is 195 Å². The Morgan fingerprint density at radius 2 is 1.79 bits per heavy atom. The largest absolute Gasteiger partial charge is 0.493 e. The fourth-order valence-electron chi connectivity index (χ4n) is 6.49. The molecule has 1 spiro atoms. The van der Waals surface area contributed by atoms with Gasteiger partial charge in [-0.2, -0.15) is 5.10 Å². The van der Waals surface area contributed by atoms with E-state index in [0.717, 1.165) is 73.3 Å². The molecule has 0 radical (unpaired) electrons. The van der Waals surface area contributed by atoms with Gasteiger partial charge >= 0.3 is 0 Å². The van der Waals surface area contributed by atoms with Crippen molar-refractivity contribution in [2.75, 3.05) is 7.11 Å². The summed E-state index contributed by atoms with van der Waals surface area (Å²) in [5, 5.41) is 6.80. The number of benzene rings is 2. The molecule has 2 aliphatic carbocycles. The zero-order valence-electron chi connectivity index (χ0n) is 19.4. The van der Waals surface area contributed by atoms with Gasteiger partial charge in [0.2, 0.25) is 5.91 Å². The molecule has 2 aromatic rings. The molecule has 2 fully saturated rings. The highest BCUT2D eigenvalue weighted by Crippen LogP contribution is 2.51. The maximum absolute atomic E-state index is 13.5. The molecule has 2 saturated carbocycles. The number of hydrazone groups is 1. The van der Waals surface area contributed by atoms with E-state index >= 15 is 0 Å². The van der Waals surface area contributed by atoms with E-state index in [4.69, 9.17) is 14.6 Å². The van der Waals surface area contributed by atoms with E-state index in [1.165, 1.54) is 18.4 Å². The molecule has 172 valence electrons. The number of carbonyl (C=O) groups excluding carboxylic acids is 1. The van der Waals surface area contributed by atoms with Gasteiger partial charge in [0.25, 0.3) is 0 Å². The standard InChI is InChI=1S/C28H32N2O3/c1-32-24-14-13-21(23-17-28(33-26(23)24)15-7-8-16-28)25-20-11-5-6-12-22(20)27(31)30(29-25)18-19-9-3-2-4-10-19/h2-4,9-10,13-14,20,22H,5-8,11-12,15-18H2,1H3. The van der Waals surface area contributed by atoms with Crippen LogP contribution >= 0.6 is 0 Å². The third-order valence-corrected chi connectivity index (χ3v) is 8.14. The van der Waals surface area contributed by atoms with Crippen LogP contribution in [-0.4, -0.2) is 29.3 Å². The van der Waals surface area contributed by atoms with Crippen LogP contribution in [0, 0.1) is 11.8 Å². The number of ether oxygens (including phenoxy) is 2. The summed E-state index contributed by atoms with van der Waals surface area (Å²) in [6.07, 6.45) is 9.80. The number of fused-ring (bicyclic) bond motifs is 2. The first-order valence-corrected chi connectivity index (χ1v) is 12.5. The fraction of sp³-hybridized carbons (Fsp3) is 0.500. The zero-order chi connectivity index (χ0) is 22.4. The van der Waals surface area contributed by atoms with E-state index in [1.54, 1.807) is 12.1 Å². The fourth-order valence-corrected chi connectivity index (χ4v) is 6.49. The highest BCUT2D eigenvalue weighted by Gasteiger charge is 2.47. The summed E-state index contributed by atoms with van der Waals surface area (Å²) < 4.78 is 12.3. The molecule has 4 aliphatic rings. The van der Waals surface area contributed by atoms with Crippen LogP contribution in [0.25, 0.3) is 0 Å². The van der Waals surface area contributed by atoms with Gasteiger partial charge in [-0.1, -0.05) is 43.2 Å². The van der Waals surface area contributed by atoms with Crippen LogP contribution in [0.4, 0.5) is 0 Å². The summed E-state index contributed by atoms with van der Waals surface area (Å²) in [6.45, 7) is 0.519. The number of methoxy groups -OCH3 is 1. The Kier molecular flexibility index (Phi) is 5.16. The molecule has 6 rings (SSSR count). The van der Waals surface area contributed by atoms with Gasteiger partial charge in [0, 0.05) is 29.4 Å². The van der Waals surface area contributed by atoms with Gasteiger partial charge in [-0.25, -0.2) is 5.01 Å². The second-order valence-electron chi connectivity index (χ2n) is 10.2. The lowest BCUT2D eigenvalue weighted by atomic mass is 9.72. The minimum Gasteiger partial charge on any atom is -0.493 e. The number of nitrogens with zero attached hydrogens (tertiary/aromatic N) is 2. The summed E-state index contributed by atoms with van der Waals surface area (Å²) in [5.41, 5.74) is 4.49. The maximum atomic E-state index is 13.5. The molecular weight excluding hydrogens is 412 g/mol. The third kappa shape index (κ3) is 3.53. The van der Waals surface area contributed by atoms with Gasteiger partial charge in [0.15, 0.2) is 11.5 Å². The number of rotatable bonds is 4. The summed E-state index contributed by atoms with van der Waals surface area (Å²) in [4.78, 5) is 13.5. The summed E-state index contributed by atoms with van der Waals surface area (Å²) in [7, 11) is 1.72. The number of hydrogen-bond acceptors (Lipinski definition) is 4. The third-order valence-electron chi connectivity index (χ3n) is 8.14. The number of carbonyl (C=O) groups is 1. The van der Waals surface area contributed by atoms with Gasteiger partial charge in [0.1, 0.15) is 5.60 Å². The molecule has 2 unspecified atom stereocenters. The smallest absolute Gasteiger partial charge is 0.246 e. The van der Waals surface area contributed by atoms with Crippen molar-refractivity contribution in [3.8, 4) is 11.5 Å². The Morgan fingerprint density at radius 1 is 1.03 bits per heavy atom. The van der Waals surface area contributed by atoms with Gasteiger partial charge < -0.3 is 9.47 Å². The molecule has 2 aliphatic heterocycles. The summed E-state index contributed by atoms with van der Waals surface area (Å²) in [5.74, 6) is 2.11. The molecule has 5 nitrogen and oxygen atoms in total. The first-order chi connectivity index (χ1) is 16.2. The Hall–Kier alpha value is -2.82. The molecule has 0 saturated heterocycles. The van der Waals surface area contributed by atoms with E-state index in [0.29, 0.717) is 6.54 Å². The summed E-state index contributed by atoms with van der Waals surface area (Å²) >= 11 is 0. The van der Waals surface area contributed by atoms with E-state index in [-0.39, 0.29) is 23.3 Å². The van der Waals surface area contributed by atoms with E-state index < -0.39 is 0 Å². The van der Waals surface area contributed by atoms with Crippen LogP contribution in [0.3, 0.4) is 0 Å².